The lowest BCUT2D eigenvalue weighted by molar-refractivity contribution is -0.176. The predicted molar refractivity (Wildman–Crippen MR) is 203 cm³/mol. The van der Waals surface area contributed by atoms with E-state index in [-0.39, 0.29) is 25.1 Å². The Morgan fingerprint density at radius 1 is 0.821 bits per heavy atom. The number of nitrogen functional groups attached to an aromatic ring is 1. The second-order valence-corrected chi connectivity index (χ2v) is 18.2. The first-order chi connectivity index (χ1) is 26.2. The highest BCUT2D eigenvalue weighted by atomic mass is 31.2. The Hall–Kier alpha value is -2.98. The van der Waals surface area contributed by atoms with Gasteiger partial charge in [0.2, 0.25) is 19.8 Å². The zero-order chi connectivity index (χ0) is 42.0. The molecule has 322 valence electrons. The number of hydrogen-bond donors (Lipinski definition) is 1. The first kappa shape index (κ1) is 49.2. The number of rotatable bonds is 26. The summed E-state index contributed by atoms with van der Waals surface area (Å²) >= 11 is 0. The van der Waals surface area contributed by atoms with E-state index in [2.05, 4.69) is 11.9 Å². The molecule has 2 rings (SSSR count). The van der Waals surface area contributed by atoms with Crippen LogP contribution in [-0.2, 0) is 51.5 Å². The van der Waals surface area contributed by atoms with Crippen LogP contribution in [0.1, 0.15) is 151 Å². The lowest BCUT2D eigenvalue weighted by Crippen LogP contribution is -2.44. The maximum atomic E-state index is 16.1. The molecule has 0 unspecified atom stereocenters. The minimum Gasteiger partial charge on any atom is -0.453 e. The van der Waals surface area contributed by atoms with Crippen LogP contribution in [0, 0.1) is 10.8 Å². The van der Waals surface area contributed by atoms with Gasteiger partial charge in [-0.3, -0.25) is 23.5 Å². The molecule has 0 amide bonds. The molecule has 1 aromatic rings. The summed E-state index contributed by atoms with van der Waals surface area (Å²) < 4.78 is 82.8. The number of nitrogens with two attached hydrogens (primary N) is 1. The van der Waals surface area contributed by atoms with Crippen molar-refractivity contribution in [2.45, 2.75) is 169 Å². The summed E-state index contributed by atoms with van der Waals surface area (Å²) in [4.78, 5) is 53.5. The van der Waals surface area contributed by atoms with Gasteiger partial charge in [0.15, 0.2) is 6.10 Å². The van der Waals surface area contributed by atoms with Gasteiger partial charge < -0.3 is 24.7 Å². The number of carbonyl (C=O) groups excluding carboxylic acids is 3. The van der Waals surface area contributed by atoms with Crippen LogP contribution in [0.5, 0.6) is 0 Å². The summed E-state index contributed by atoms with van der Waals surface area (Å²) in [5, 5.41) is 0. The minimum atomic E-state index is -4.86. The number of nitrogens with zero attached hydrogens (tertiary/aromatic N) is 2. The number of unbranched alkanes of at least 4 members (excludes halogenated alkanes) is 11. The third kappa shape index (κ3) is 19.0. The van der Waals surface area contributed by atoms with Crippen molar-refractivity contribution in [1.29, 1.82) is 0 Å². The van der Waals surface area contributed by atoms with Gasteiger partial charge in [0.05, 0.1) is 19.4 Å². The number of carbonyl (C=O) groups is 3. The third-order valence-corrected chi connectivity index (χ3v) is 9.86. The van der Waals surface area contributed by atoms with E-state index in [1.165, 1.54) is 38.5 Å². The fourth-order valence-corrected chi connectivity index (χ4v) is 6.64. The standard InChI is InChI=1S/C38H64F2N3O12P/c1-8-9-10-11-12-13-14-15-16-17-18-19-20-30(44)55-33-28(54-34(38(33,39)40)43-22-21-29(41)42-35(43)47)25-51-56(48,52-26-49-31(45)23-36(2,3)4)53-27-50-32(46)24-37(5,6)7/h21-22,28,33-34H,8-20,23-27H2,1-7H3,(H2,41,42,47)/t28-,33-,34-/m1/s1. The van der Waals surface area contributed by atoms with Crippen molar-refractivity contribution >= 4 is 31.5 Å². The van der Waals surface area contributed by atoms with Crippen LogP contribution in [0.15, 0.2) is 17.1 Å². The third-order valence-electron chi connectivity index (χ3n) is 8.55. The van der Waals surface area contributed by atoms with E-state index >= 15 is 8.78 Å². The Balaban J connectivity index is 2.13. The summed E-state index contributed by atoms with van der Waals surface area (Å²) in [5.41, 5.74) is 3.49. The van der Waals surface area contributed by atoms with Crippen LogP contribution in [0.4, 0.5) is 14.6 Å². The highest BCUT2D eigenvalue weighted by Gasteiger charge is 2.63. The molecule has 18 heteroatoms. The number of esters is 3. The number of hydrogen-bond acceptors (Lipinski definition) is 14. The van der Waals surface area contributed by atoms with Crippen molar-refractivity contribution in [2.75, 3.05) is 25.9 Å². The number of alkyl halides is 2. The van der Waals surface area contributed by atoms with Crippen LogP contribution < -0.4 is 11.4 Å². The van der Waals surface area contributed by atoms with Gasteiger partial charge in [0.25, 0.3) is 0 Å². The molecular weight excluding hydrogens is 759 g/mol. The van der Waals surface area contributed by atoms with Gasteiger partial charge in [-0.25, -0.2) is 18.4 Å². The molecule has 1 fully saturated rings. The van der Waals surface area contributed by atoms with Gasteiger partial charge in [-0.15, -0.1) is 0 Å². The number of anilines is 1. The Bertz CT molecular complexity index is 1440. The lowest BCUT2D eigenvalue weighted by Gasteiger charge is -2.25. The summed E-state index contributed by atoms with van der Waals surface area (Å²) in [5.74, 6) is -6.60. The molecule has 0 bridgehead atoms. The fourth-order valence-electron chi connectivity index (χ4n) is 5.72. The largest absolute Gasteiger partial charge is 0.480 e. The van der Waals surface area contributed by atoms with Gasteiger partial charge in [0, 0.05) is 12.6 Å². The molecule has 56 heavy (non-hydrogen) atoms. The predicted octanol–water partition coefficient (Wildman–Crippen LogP) is 8.39. The monoisotopic (exact) mass is 823 g/mol. The van der Waals surface area contributed by atoms with E-state index in [0.717, 1.165) is 37.9 Å². The van der Waals surface area contributed by atoms with E-state index in [0.29, 0.717) is 17.4 Å². The molecule has 0 spiro atoms. The zero-order valence-electron chi connectivity index (χ0n) is 34.2. The zero-order valence-corrected chi connectivity index (χ0v) is 35.1. The van der Waals surface area contributed by atoms with Gasteiger partial charge >= 0.3 is 37.3 Å². The van der Waals surface area contributed by atoms with Crippen molar-refractivity contribution in [3.05, 3.63) is 22.7 Å². The molecule has 15 nitrogen and oxygen atoms in total. The maximum absolute atomic E-state index is 16.1. The molecule has 2 N–H and O–H groups in total. The molecule has 0 saturated carbocycles. The molecule has 0 radical (unpaired) electrons. The Morgan fingerprint density at radius 3 is 1.77 bits per heavy atom. The SMILES string of the molecule is CCCCCCCCCCCCCCC(=O)O[C@@H]1[C@@H](COP(=O)(OCOC(=O)CC(C)(C)C)OCOC(=O)CC(C)(C)C)O[C@@H](n2ccc(N)nc2=O)C1(F)F. The first-order valence-corrected chi connectivity index (χ1v) is 21.0. The molecule has 3 atom stereocenters. The Labute approximate surface area is 329 Å². The van der Waals surface area contributed by atoms with Crippen LogP contribution in [0.3, 0.4) is 0 Å². The van der Waals surface area contributed by atoms with E-state index in [4.69, 9.17) is 38.3 Å². The van der Waals surface area contributed by atoms with Gasteiger partial charge in [0.1, 0.15) is 11.9 Å². The second-order valence-electron chi connectivity index (χ2n) is 16.5. The molecule has 1 aliphatic rings. The number of halogens is 2. The smallest absolute Gasteiger partial charge is 0.453 e. The molecule has 2 heterocycles. The molecule has 1 saturated heterocycles. The number of ether oxygens (including phenoxy) is 4. The molecule has 0 aromatic carbocycles. The molecule has 0 aliphatic carbocycles. The first-order valence-electron chi connectivity index (χ1n) is 19.6. The van der Waals surface area contributed by atoms with E-state index in [9.17, 15) is 23.7 Å². The average Bonchev–Trinajstić information content (AvgIpc) is 3.31. The quantitative estimate of drug-likeness (QED) is 0.0308. The second kappa shape index (κ2) is 23.4. The average molecular weight is 824 g/mol. The highest BCUT2D eigenvalue weighted by molar-refractivity contribution is 7.48. The van der Waals surface area contributed by atoms with E-state index < -0.39 is 86.8 Å². The van der Waals surface area contributed by atoms with Gasteiger partial charge in [-0.2, -0.15) is 13.8 Å². The number of phosphoric acid groups is 1. The topological polar surface area (TPSA) is 194 Å². The Kier molecular flexibility index (Phi) is 20.6. The number of aromatic nitrogens is 2. The van der Waals surface area contributed by atoms with Gasteiger partial charge in [-0.1, -0.05) is 119 Å². The maximum Gasteiger partial charge on any atom is 0.480 e. The van der Waals surface area contributed by atoms with Crippen molar-refractivity contribution < 1.29 is 60.2 Å². The summed E-state index contributed by atoms with van der Waals surface area (Å²) in [6.07, 6.45) is 6.91. The van der Waals surface area contributed by atoms with Crippen molar-refractivity contribution in [3.8, 4) is 0 Å². The van der Waals surface area contributed by atoms with Crippen molar-refractivity contribution in [3.63, 3.8) is 0 Å². The van der Waals surface area contributed by atoms with Gasteiger partial charge in [-0.05, 0) is 23.3 Å². The summed E-state index contributed by atoms with van der Waals surface area (Å²) in [6.45, 7) is 10.1. The van der Waals surface area contributed by atoms with Crippen molar-refractivity contribution in [1.82, 2.24) is 9.55 Å². The Morgan fingerprint density at radius 2 is 1.30 bits per heavy atom. The molecular formula is C38H64F2N3O12P. The highest BCUT2D eigenvalue weighted by Crippen LogP contribution is 2.51. The van der Waals surface area contributed by atoms with Crippen LogP contribution in [-0.4, -0.2) is 65.8 Å². The van der Waals surface area contributed by atoms with E-state index in [1.807, 2.05) is 0 Å². The molecule has 1 aromatic heterocycles. The fraction of sp³-hybridized carbons (Fsp3) is 0.816. The summed E-state index contributed by atoms with van der Waals surface area (Å²) in [6, 6.07) is 1.11. The van der Waals surface area contributed by atoms with Crippen molar-refractivity contribution in [2.24, 2.45) is 10.8 Å². The normalized spacial score (nSPS) is 18.5. The number of phosphoric ester groups is 1. The van der Waals surface area contributed by atoms with Crippen LogP contribution in [0.25, 0.3) is 0 Å². The lowest BCUT2D eigenvalue weighted by atomic mass is 9.92. The molecule has 1 aliphatic heterocycles. The summed E-state index contributed by atoms with van der Waals surface area (Å²) in [7, 11) is -4.86. The van der Waals surface area contributed by atoms with Crippen LogP contribution >= 0.6 is 7.82 Å². The van der Waals surface area contributed by atoms with E-state index in [1.54, 1.807) is 41.5 Å². The van der Waals surface area contributed by atoms with Crippen LogP contribution in [0.2, 0.25) is 0 Å². The minimum absolute atomic E-state index is 0.0230.